The molecule has 1 saturated carbocycles. The summed E-state index contributed by atoms with van der Waals surface area (Å²) in [7, 11) is 0. The van der Waals surface area contributed by atoms with Gasteiger partial charge in [-0.25, -0.2) is 13.6 Å². The van der Waals surface area contributed by atoms with Crippen molar-refractivity contribution in [3.63, 3.8) is 0 Å². The third-order valence-corrected chi connectivity index (χ3v) is 5.38. The summed E-state index contributed by atoms with van der Waals surface area (Å²) in [6.07, 6.45) is 2.56. The Labute approximate surface area is 133 Å². The number of ether oxygens (including phenoxy) is 1. The second-order valence-corrected chi connectivity index (χ2v) is 7.01. The van der Waals surface area contributed by atoms with E-state index in [2.05, 4.69) is 5.32 Å². The van der Waals surface area contributed by atoms with Crippen LogP contribution in [0.25, 0.3) is 0 Å². The quantitative estimate of drug-likeness (QED) is 0.909. The molecule has 0 radical (unpaired) electrons. The number of carbonyl (C=O) groups excluding carboxylic acids is 1. The van der Waals surface area contributed by atoms with Crippen molar-refractivity contribution in [1.82, 2.24) is 10.2 Å². The lowest BCUT2D eigenvalue weighted by Gasteiger charge is -2.22. The van der Waals surface area contributed by atoms with E-state index in [0.717, 1.165) is 32.6 Å². The molecular weight excluding hydrogens is 302 g/mol. The number of hydrogen-bond donors (Lipinski definition) is 1. The van der Waals surface area contributed by atoms with E-state index >= 15 is 0 Å². The maximum atomic E-state index is 13.8. The van der Waals surface area contributed by atoms with E-state index in [1.54, 1.807) is 0 Å². The van der Waals surface area contributed by atoms with Gasteiger partial charge in [-0.2, -0.15) is 0 Å². The summed E-state index contributed by atoms with van der Waals surface area (Å²) in [5.41, 5.74) is 0.220. The van der Waals surface area contributed by atoms with E-state index < -0.39 is 11.6 Å². The molecule has 124 valence electrons. The number of rotatable bonds is 2. The molecule has 1 spiro atoms. The SMILES string of the molecule is O=C(N[C@@H]1C[C@@H]1c1c(F)cccc1F)N1CC[C@@]2(CCOC2)C1. The van der Waals surface area contributed by atoms with Gasteiger partial charge in [0.25, 0.3) is 0 Å². The molecule has 0 bridgehead atoms. The minimum absolute atomic E-state index is 0.0971. The van der Waals surface area contributed by atoms with E-state index in [9.17, 15) is 13.6 Å². The van der Waals surface area contributed by atoms with Crippen molar-refractivity contribution in [2.75, 3.05) is 26.3 Å². The fourth-order valence-corrected chi connectivity index (χ4v) is 3.87. The highest BCUT2D eigenvalue weighted by Gasteiger charge is 2.46. The second kappa shape index (κ2) is 5.44. The molecule has 3 aliphatic rings. The summed E-state index contributed by atoms with van der Waals surface area (Å²) in [6, 6.07) is 3.58. The van der Waals surface area contributed by atoms with Gasteiger partial charge < -0.3 is 15.0 Å². The Morgan fingerprint density at radius 1 is 1.30 bits per heavy atom. The summed E-state index contributed by atoms with van der Waals surface area (Å²) < 4.78 is 33.0. The Kier molecular flexibility index (Phi) is 3.52. The molecule has 3 atom stereocenters. The molecule has 6 heteroatoms. The van der Waals surface area contributed by atoms with Crippen LogP contribution in [0.5, 0.6) is 0 Å². The number of benzene rings is 1. The monoisotopic (exact) mass is 322 g/mol. The molecule has 4 rings (SSSR count). The molecule has 2 heterocycles. The molecule has 1 aliphatic carbocycles. The van der Waals surface area contributed by atoms with Gasteiger partial charge in [0, 0.05) is 42.6 Å². The number of amides is 2. The summed E-state index contributed by atoms with van der Waals surface area (Å²) >= 11 is 0. The molecule has 2 amide bonds. The summed E-state index contributed by atoms with van der Waals surface area (Å²) in [6.45, 7) is 2.93. The van der Waals surface area contributed by atoms with Gasteiger partial charge in [-0.3, -0.25) is 0 Å². The van der Waals surface area contributed by atoms with Crippen LogP contribution in [-0.4, -0.2) is 43.3 Å². The zero-order chi connectivity index (χ0) is 16.0. The highest BCUT2D eigenvalue weighted by Crippen LogP contribution is 2.43. The maximum absolute atomic E-state index is 13.8. The van der Waals surface area contributed by atoms with E-state index in [1.165, 1.54) is 18.2 Å². The van der Waals surface area contributed by atoms with Crippen LogP contribution in [-0.2, 0) is 4.74 Å². The molecule has 0 aromatic heterocycles. The van der Waals surface area contributed by atoms with Gasteiger partial charge in [0.05, 0.1) is 6.61 Å². The highest BCUT2D eigenvalue weighted by atomic mass is 19.1. The molecule has 2 saturated heterocycles. The van der Waals surface area contributed by atoms with Crippen molar-refractivity contribution < 1.29 is 18.3 Å². The van der Waals surface area contributed by atoms with E-state index in [4.69, 9.17) is 4.74 Å². The van der Waals surface area contributed by atoms with E-state index in [1.807, 2.05) is 4.90 Å². The Morgan fingerprint density at radius 3 is 2.78 bits per heavy atom. The van der Waals surface area contributed by atoms with Crippen LogP contribution in [0, 0.1) is 17.0 Å². The van der Waals surface area contributed by atoms with Crippen molar-refractivity contribution in [3.8, 4) is 0 Å². The number of nitrogens with zero attached hydrogens (tertiary/aromatic N) is 1. The Hall–Kier alpha value is -1.69. The Balaban J connectivity index is 1.36. The largest absolute Gasteiger partial charge is 0.381 e. The van der Waals surface area contributed by atoms with Crippen LogP contribution in [0.2, 0.25) is 0 Å². The van der Waals surface area contributed by atoms with E-state index in [-0.39, 0.29) is 29.0 Å². The number of carbonyl (C=O) groups is 1. The molecule has 0 unspecified atom stereocenters. The number of hydrogen-bond acceptors (Lipinski definition) is 2. The van der Waals surface area contributed by atoms with Crippen LogP contribution < -0.4 is 5.32 Å². The predicted octanol–water partition coefficient (Wildman–Crippen LogP) is 2.64. The minimum Gasteiger partial charge on any atom is -0.381 e. The molecule has 1 aromatic carbocycles. The molecule has 1 aromatic rings. The first-order valence-electron chi connectivity index (χ1n) is 8.15. The van der Waals surface area contributed by atoms with Crippen LogP contribution in [0.4, 0.5) is 13.6 Å². The normalized spacial score (nSPS) is 32.5. The van der Waals surface area contributed by atoms with Crippen molar-refractivity contribution >= 4 is 6.03 Å². The van der Waals surface area contributed by atoms with Crippen LogP contribution in [0.15, 0.2) is 18.2 Å². The van der Waals surface area contributed by atoms with Gasteiger partial charge in [-0.15, -0.1) is 0 Å². The Morgan fingerprint density at radius 2 is 2.09 bits per heavy atom. The van der Waals surface area contributed by atoms with Gasteiger partial charge in [-0.05, 0) is 31.4 Å². The lowest BCUT2D eigenvalue weighted by molar-refractivity contribution is 0.152. The van der Waals surface area contributed by atoms with Crippen molar-refractivity contribution in [1.29, 1.82) is 0 Å². The molecule has 4 nitrogen and oxygen atoms in total. The number of urea groups is 1. The maximum Gasteiger partial charge on any atom is 0.317 e. The number of likely N-dealkylation sites (tertiary alicyclic amines) is 1. The highest BCUT2D eigenvalue weighted by molar-refractivity contribution is 5.75. The van der Waals surface area contributed by atoms with Gasteiger partial charge in [-0.1, -0.05) is 6.07 Å². The summed E-state index contributed by atoms with van der Waals surface area (Å²) in [4.78, 5) is 14.2. The molecule has 2 aliphatic heterocycles. The zero-order valence-electron chi connectivity index (χ0n) is 12.9. The molecule has 3 fully saturated rings. The molecular formula is C17H20F2N2O2. The smallest absolute Gasteiger partial charge is 0.317 e. The Bertz CT molecular complexity index is 611. The summed E-state index contributed by atoms with van der Waals surface area (Å²) in [5.74, 6) is -1.32. The van der Waals surface area contributed by atoms with Crippen LogP contribution in [0.3, 0.4) is 0 Å². The van der Waals surface area contributed by atoms with Gasteiger partial charge in [0.1, 0.15) is 11.6 Å². The van der Waals surface area contributed by atoms with Crippen molar-refractivity contribution in [3.05, 3.63) is 35.4 Å². The average molecular weight is 322 g/mol. The van der Waals surface area contributed by atoms with Gasteiger partial charge >= 0.3 is 6.03 Å². The van der Waals surface area contributed by atoms with Gasteiger partial charge in [0.15, 0.2) is 0 Å². The first kappa shape index (κ1) is 14.9. The number of nitrogens with one attached hydrogen (secondary N) is 1. The third-order valence-electron chi connectivity index (χ3n) is 5.38. The van der Waals surface area contributed by atoms with Crippen molar-refractivity contribution in [2.24, 2.45) is 5.41 Å². The predicted molar refractivity (Wildman–Crippen MR) is 80.1 cm³/mol. The topological polar surface area (TPSA) is 41.6 Å². The number of halogens is 2. The summed E-state index contributed by atoms with van der Waals surface area (Å²) in [5, 5.41) is 2.92. The lowest BCUT2D eigenvalue weighted by atomic mass is 9.87. The van der Waals surface area contributed by atoms with E-state index in [0.29, 0.717) is 13.0 Å². The molecule has 1 N–H and O–H groups in total. The zero-order valence-corrected chi connectivity index (χ0v) is 12.9. The van der Waals surface area contributed by atoms with Crippen molar-refractivity contribution in [2.45, 2.75) is 31.2 Å². The average Bonchev–Trinajstić information content (AvgIpc) is 2.97. The minimum atomic E-state index is -0.532. The van der Waals surface area contributed by atoms with Gasteiger partial charge in [0.2, 0.25) is 0 Å². The second-order valence-electron chi connectivity index (χ2n) is 7.01. The van der Waals surface area contributed by atoms with Crippen LogP contribution in [0.1, 0.15) is 30.7 Å². The standard InChI is InChI=1S/C17H20F2N2O2/c18-12-2-1-3-13(19)15(12)11-8-14(11)20-16(22)21-6-4-17(9-21)5-7-23-10-17/h1-3,11,14H,4-10H2,(H,20,22)/t11-,14+,17+/m0/s1. The third kappa shape index (κ3) is 2.69. The first-order chi connectivity index (χ1) is 11.1. The lowest BCUT2D eigenvalue weighted by Crippen LogP contribution is -2.41. The van der Waals surface area contributed by atoms with Crippen LogP contribution >= 0.6 is 0 Å². The molecule has 23 heavy (non-hydrogen) atoms. The first-order valence-corrected chi connectivity index (χ1v) is 8.15. The fraction of sp³-hybridized carbons (Fsp3) is 0.588. The fourth-order valence-electron chi connectivity index (χ4n) is 3.87.